The summed E-state index contributed by atoms with van der Waals surface area (Å²) in [4.78, 5) is 23.6. The second-order valence-electron chi connectivity index (χ2n) is 4.98. The second kappa shape index (κ2) is 7.91. The van der Waals surface area contributed by atoms with Gasteiger partial charge in [-0.05, 0) is 24.5 Å². The number of hydrogen-bond donors (Lipinski definition) is 3. The van der Waals surface area contributed by atoms with Crippen molar-refractivity contribution in [3.05, 3.63) is 24.3 Å². The van der Waals surface area contributed by atoms with E-state index in [1.54, 1.807) is 6.07 Å². The van der Waals surface area contributed by atoms with Crippen LogP contribution in [0.25, 0.3) is 0 Å². The zero-order valence-electron chi connectivity index (χ0n) is 11.8. The number of thioether (sulfide) groups is 1. The maximum atomic E-state index is 12.0. The summed E-state index contributed by atoms with van der Waals surface area (Å²) in [5.41, 5.74) is 11.6. The minimum atomic E-state index is -0.538. The predicted octanol–water partition coefficient (Wildman–Crippen LogP) is 1.58. The zero-order valence-corrected chi connectivity index (χ0v) is 12.6. The molecular weight excluding hydrogens is 274 g/mol. The predicted molar refractivity (Wildman–Crippen MR) is 82.4 cm³/mol. The van der Waals surface area contributed by atoms with E-state index >= 15 is 0 Å². The van der Waals surface area contributed by atoms with Gasteiger partial charge in [0.05, 0.1) is 17.5 Å². The topological polar surface area (TPSA) is 98.2 Å². The number of hydrogen-bond acceptors (Lipinski definition) is 4. The third-order valence-corrected chi connectivity index (χ3v) is 3.67. The van der Waals surface area contributed by atoms with Crippen molar-refractivity contribution in [1.82, 2.24) is 0 Å². The fraction of sp³-hybridized carbons (Fsp3) is 0.429. The van der Waals surface area contributed by atoms with Crippen molar-refractivity contribution in [3.63, 3.8) is 0 Å². The van der Waals surface area contributed by atoms with E-state index in [1.807, 2.05) is 32.0 Å². The van der Waals surface area contributed by atoms with Gasteiger partial charge >= 0.3 is 0 Å². The molecule has 0 aliphatic heterocycles. The molecule has 20 heavy (non-hydrogen) atoms. The lowest BCUT2D eigenvalue weighted by atomic mass is 10.0. The Balaban J connectivity index is 2.71. The minimum absolute atomic E-state index is 0.172. The molecule has 6 heteroatoms. The smallest absolute Gasteiger partial charge is 0.241 e. The van der Waals surface area contributed by atoms with Gasteiger partial charge in [-0.2, -0.15) is 0 Å². The molecule has 110 valence electrons. The van der Waals surface area contributed by atoms with Crippen LogP contribution in [0, 0.1) is 5.92 Å². The average Bonchev–Trinajstić information content (AvgIpc) is 2.36. The van der Waals surface area contributed by atoms with Gasteiger partial charge in [0.2, 0.25) is 11.8 Å². The highest BCUT2D eigenvalue weighted by molar-refractivity contribution is 8.00. The van der Waals surface area contributed by atoms with Crippen LogP contribution >= 0.6 is 11.8 Å². The summed E-state index contributed by atoms with van der Waals surface area (Å²) in [5.74, 6) is -0.0843. The SMILES string of the molecule is CC(C)CC(N)C(=O)Nc1ccccc1SCC(N)=O. The first-order valence-electron chi connectivity index (χ1n) is 6.46. The number of primary amides is 1. The molecule has 1 aromatic rings. The number of para-hydroxylation sites is 1. The van der Waals surface area contributed by atoms with Crippen molar-refractivity contribution < 1.29 is 9.59 Å². The van der Waals surface area contributed by atoms with Crippen molar-refractivity contribution in [3.8, 4) is 0 Å². The van der Waals surface area contributed by atoms with Crippen LogP contribution in [0.3, 0.4) is 0 Å². The van der Waals surface area contributed by atoms with E-state index in [0.717, 1.165) is 4.90 Å². The van der Waals surface area contributed by atoms with Gasteiger partial charge in [0.25, 0.3) is 0 Å². The lowest BCUT2D eigenvalue weighted by Crippen LogP contribution is -2.36. The van der Waals surface area contributed by atoms with Gasteiger partial charge in [-0.15, -0.1) is 11.8 Å². The molecule has 1 atom stereocenters. The first-order valence-corrected chi connectivity index (χ1v) is 7.45. The Kier molecular flexibility index (Phi) is 6.54. The van der Waals surface area contributed by atoms with Gasteiger partial charge in [0.1, 0.15) is 0 Å². The Morgan fingerprint density at radius 3 is 2.55 bits per heavy atom. The molecule has 0 saturated carbocycles. The largest absolute Gasteiger partial charge is 0.369 e. The van der Waals surface area contributed by atoms with Gasteiger partial charge in [0, 0.05) is 4.90 Å². The van der Waals surface area contributed by atoms with Crippen molar-refractivity contribution in [1.29, 1.82) is 0 Å². The van der Waals surface area contributed by atoms with Gasteiger partial charge in [-0.3, -0.25) is 9.59 Å². The van der Waals surface area contributed by atoms with E-state index in [4.69, 9.17) is 11.5 Å². The van der Waals surface area contributed by atoms with Crippen molar-refractivity contribution in [2.45, 2.75) is 31.2 Å². The molecule has 5 nitrogen and oxygen atoms in total. The quantitative estimate of drug-likeness (QED) is 0.665. The number of rotatable bonds is 7. The summed E-state index contributed by atoms with van der Waals surface area (Å²) in [6.07, 6.45) is 0.627. The van der Waals surface area contributed by atoms with Gasteiger partial charge in [-0.1, -0.05) is 26.0 Å². The molecule has 0 aliphatic rings. The molecule has 1 aromatic carbocycles. The Bertz CT molecular complexity index is 477. The van der Waals surface area contributed by atoms with E-state index < -0.39 is 11.9 Å². The highest BCUT2D eigenvalue weighted by Crippen LogP contribution is 2.26. The first-order chi connectivity index (χ1) is 9.40. The number of carbonyl (C=O) groups is 2. The number of nitrogens with two attached hydrogens (primary N) is 2. The lowest BCUT2D eigenvalue weighted by Gasteiger charge is -2.15. The van der Waals surface area contributed by atoms with Crippen LogP contribution < -0.4 is 16.8 Å². The van der Waals surface area contributed by atoms with E-state index in [1.165, 1.54) is 11.8 Å². The van der Waals surface area contributed by atoms with E-state index in [0.29, 0.717) is 18.0 Å². The summed E-state index contributed by atoms with van der Waals surface area (Å²) in [5, 5.41) is 2.80. The summed E-state index contributed by atoms with van der Waals surface area (Å²) in [6.45, 7) is 4.04. The number of anilines is 1. The van der Waals surface area contributed by atoms with Crippen LogP contribution in [0.1, 0.15) is 20.3 Å². The van der Waals surface area contributed by atoms with Crippen molar-refractivity contribution in [2.24, 2.45) is 17.4 Å². The number of amides is 2. The fourth-order valence-corrected chi connectivity index (χ4v) is 2.43. The maximum Gasteiger partial charge on any atom is 0.241 e. The molecule has 0 heterocycles. The molecule has 0 aliphatic carbocycles. The fourth-order valence-electron chi connectivity index (χ4n) is 1.68. The molecule has 0 aromatic heterocycles. The third-order valence-electron chi connectivity index (χ3n) is 2.58. The van der Waals surface area contributed by atoms with Crippen molar-refractivity contribution >= 4 is 29.3 Å². The van der Waals surface area contributed by atoms with Crippen molar-refractivity contribution in [2.75, 3.05) is 11.1 Å². The molecule has 0 saturated heterocycles. The summed E-state index contributed by atoms with van der Waals surface area (Å²) >= 11 is 1.29. The monoisotopic (exact) mass is 295 g/mol. The molecule has 1 rings (SSSR count). The molecule has 2 amide bonds. The summed E-state index contributed by atoms with van der Waals surface area (Å²) in [6, 6.07) is 6.73. The maximum absolute atomic E-state index is 12.0. The van der Waals surface area contributed by atoms with Gasteiger partial charge in [0.15, 0.2) is 0 Å². The number of nitrogens with one attached hydrogen (secondary N) is 1. The molecule has 0 radical (unpaired) electrons. The minimum Gasteiger partial charge on any atom is -0.369 e. The van der Waals surface area contributed by atoms with Crippen LogP contribution in [-0.2, 0) is 9.59 Å². The number of benzene rings is 1. The van der Waals surface area contributed by atoms with Crippen LogP contribution in [0.5, 0.6) is 0 Å². The second-order valence-corrected chi connectivity index (χ2v) is 5.99. The Morgan fingerprint density at radius 1 is 1.30 bits per heavy atom. The summed E-state index contributed by atoms with van der Waals surface area (Å²) < 4.78 is 0. The molecule has 0 bridgehead atoms. The highest BCUT2D eigenvalue weighted by atomic mass is 32.2. The highest BCUT2D eigenvalue weighted by Gasteiger charge is 2.16. The van der Waals surface area contributed by atoms with Crippen LogP contribution in [0.4, 0.5) is 5.69 Å². The first kappa shape index (κ1) is 16.5. The molecular formula is C14H21N3O2S. The van der Waals surface area contributed by atoms with Gasteiger partial charge < -0.3 is 16.8 Å². The lowest BCUT2D eigenvalue weighted by molar-refractivity contribution is -0.118. The van der Waals surface area contributed by atoms with Gasteiger partial charge in [-0.25, -0.2) is 0 Å². The molecule has 1 unspecified atom stereocenters. The van der Waals surface area contributed by atoms with Crippen LogP contribution in [0.2, 0.25) is 0 Å². The van der Waals surface area contributed by atoms with Crippen LogP contribution in [0.15, 0.2) is 29.2 Å². The third kappa shape index (κ3) is 5.63. The Hall–Kier alpha value is -1.53. The van der Waals surface area contributed by atoms with E-state index in [2.05, 4.69) is 5.32 Å². The van der Waals surface area contributed by atoms with Crippen LogP contribution in [-0.4, -0.2) is 23.6 Å². The standard InChI is InChI=1S/C14H21N3O2S/c1-9(2)7-10(15)14(19)17-11-5-3-4-6-12(11)20-8-13(16)18/h3-6,9-10H,7-8,15H2,1-2H3,(H2,16,18)(H,17,19). The average molecular weight is 295 g/mol. The summed E-state index contributed by atoms with van der Waals surface area (Å²) in [7, 11) is 0. The molecule has 0 spiro atoms. The van der Waals surface area contributed by atoms with E-state index in [-0.39, 0.29) is 11.7 Å². The Morgan fingerprint density at radius 2 is 1.95 bits per heavy atom. The number of carbonyl (C=O) groups excluding carboxylic acids is 2. The van der Waals surface area contributed by atoms with E-state index in [9.17, 15) is 9.59 Å². The normalized spacial score (nSPS) is 12.2. The zero-order chi connectivity index (χ0) is 15.1. The molecule has 5 N–H and O–H groups in total. The molecule has 0 fully saturated rings. The Labute approximate surface area is 123 Å².